The predicted molar refractivity (Wildman–Crippen MR) is 97.0 cm³/mol. The lowest BCUT2D eigenvalue weighted by Gasteiger charge is -2.08. The normalized spacial score (nSPS) is 10.4. The van der Waals surface area contributed by atoms with Crippen molar-refractivity contribution in [2.75, 3.05) is 5.32 Å². The molecule has 2 amide bonds. The lowest BCUT2D eigenvalue weighted by Crippen LogP contribution is -2.34. The summed E-state index contributed by atoms with van der Waals surface area (Å²) >= 11 is 9.60. The summed E-state index contributed by atoms with van der Waals surface area (Å²) < 4.78 is 5.59. The fourth-order valence-electron chi connectivity index (χ4n) is 2.09. The van der Waals surface area contributed by atoms with Gasteiger partial charge in [0.1, 0.15) is 5.00 Å². The molecule has 23 heavy (non-hydrogen) atoms. The van der Waals surface area contributed by atoms with Gasteiger partial charge < -0.3 is 15.5 Å². The second kappa shape index (κ2) is 7.24. The van der Waals surface area contributed by atoms with Crippen LogP contribution in [0.3, 0.4) is 0 Å². The van der Waals surface area contributed by atoms with Crippen LogP contribution < -0.4 is 16.4 Å². The zero-order chi connectivity index (χ0) is 17.1. The van der Waals surface area contributed by atoms with Crippen LogP contribution in [0.1, 0.15) is 38.3 Å². The molecule has 0 saturated heterocycles. The Balaban J connectivity index is 2.14. The van der Waals surface area contributed by atoms with E-state index in [9.17, 15) is 9.59 Å². The maximum absolute atomic E-state index is 12.0. The van der Waals surface area contributed by atoms with E-state index in [0.717, 1.165) is 10.4 Å². The molecule has 0 saturated carbocycles. The van der Waals surface area contributed by atoms with E-state index in [1.165, 1.54) is 17.4 Å². The number of thiophene rings is 1. The minimum atomic E-state index is -0.530. The first-order valence-corrected chi connectivity index (χ1v) is 8.65. The molecule has 2 aromatic rings. The molecule has 0 aliphatic heterocycles. The first-order valence-electron chi connectivity index (χ1n) is 6.63. The van der Waals surface area contributed by atoms with Crippen molar-refractivity contribution in [3.63, 3.8) is 0 Å². The quantitative estimate of drug-likeness (QED) is 0.665. The van der Waals surface area contributed by atoms with E-state index >= 15 is 0 Å². The molecule has 0 radical (unpaired) electrons. The van der Waals surface area contributed by atoms with E-state index in [-0.39, 0.29) is 10.9 Å². The number of amides is 2. The van der Waals surface area contributed by atoms with Crippen LogP contribution in [0.2, 0.25) is 0 Å². The molecule has 0 aromatic carbocycles. The van der Waals surface area contributed by atoms with Gasteiger partial charge in [-0.15, -0.1) is 11.3 Å². The largest absolute Gasteiger partial charge is 0.444 e. The van der Waals surface area contributed by atoms with E-state index in [1.54, 1.807) is 6.07 Å². The molecule has 0 atom stereocenters. The number of carbonyl (C=O) groups excluding carboxylic acids is 2. The number of nitrogens with two attached hydrogens (primary N) is 1. The van der Waals surface area contributed by atoms with Crippen LogP contribution in [-0.4, -0.2) is 16.9 Å². The monoisotopic (exact) mass is 415 g/mol. The Morgan fingerprint density at radius 2 is 2.13 bits per heavy atom. The number of furan rings is 1. The first-order chi connectivity index (χ1) is 10.8. The molecule has 0 spiro atoms. The zero-order valence-electron chi connectivity index (χ0n) is 12.4. The Hall–Kier alpha value is -1.71. The van der Waals surface area contributed by atoms with Gasteiger partial charge in [-0.3, -0.25) is 14.9 Å². The van der Waals surface area contributed by atoms with Gasteiger partial charge in [-0.2, -0.15) is 0 Å². The van der Waals surface area contributed by atoms with Crippen LogP contribution in [0, 0.1) is 6.92 Å². The number of rotatable bonds is 4. The SMILES string of the molecule is CCc1c(C)sc(NC(=S)NC(=O)c2ccc(Br)o2)c1C(N)=O. The molecule has 122 valence electrons. The molecule has 6 nitrogen and oxygen atoms in total. The molecule has 4 N–H and O–H groups in total. The first kappa shape index (κ1) is 17.6. The number of anilines is 1. The summed E-state index contributed by atoms with van der Waals surface area (Å²) in [6.45, 7) is 3.85. The summed E-state index contributed by atoms with van der Waals surface area (Å²) in [4.78, 5) is 24.6. The van der Waals surface area contributed by atoms with Gasteiger partial charge in [-0.1, -0.05) is 6.92 Å². The fraction of sp³-hybridized carbons (Fsp3) is 0.214. The maximum atomic E-state index is 12.0. The number of nitrogens with one attached hydrogen (secondary N) is 2. The molecule has 2 heterocycles. The average Bonchev–Trinajstić information content (AvgIpc) is 3.02. The van der Waals surface area contributed by atoms with Crippen molar-refractivity contribution < 1.29 is 14.0 Å². The highest BCUT2D eigenvalue weighted by molar-refractivity contribution is 9.10. The number of hydrogen-bond acceptors (Lipinski definition) is 5. The minimum Gasteiger partial charge on any atom is -0.444 e. The van der Waals surface area contributed by atoms with Gasteiger partial charge in [0.25, 0.3) is 11.8 Å². The van der Waals surface area contributed by atoms with Crippen molar-refractivity contribution in [1.82, 2.24) is 5.32 Å². The van der Waals surface area contributed by atoms with Crippen LogP contribution in [0.25, 0.3) is 0 Å². The van der Waals surface area contributed by atoms with Gasteiger partial charge in [-0.05, 0) is 59.2 Å². The Morgan fingerprint density at radius 1 is 1.43 bits per heavy atom. The summed E-state index contributed by atoms with van der Waals surface area (Å²) in [5, 5.41) is 5.94. The molecule has 2 aromatic heterocycles. The summed E-state index contributed by atoms with van der Waals surface area (Å²) in [5.74, 6) is -0.900. The average molecular weight is 416 g/mol. The Labute approximate surface area is 150 Å². The third-order valence-corrected chi connectivity index (χ3v) is 4.75. The summed E-state index contributed by atoms with van der Waals surface area (Å²) in [6, 6.07) is 3.12. The van der Waals surface area contributed by atoms with Gasteiger partial charge in [0.2, 0.25) is 0 Å². The van der Waals surface area contributed by atoms with Crippen LogP contribution >= 0.6 is 39.5 Å². The van der Waals surface area contributed by atoms with Gasteiger partial charge in [0.15, 0.2) is 15.5 Å². The van der Waals surface area contributed by atoms with Gasteiger partial charge >= 0.3 is 0 Å². The molecule has 0 bridgehead atoms. The molecular weight excluding hydrogens is 402 g/mol. The summed E-state index contributed by atoms with van der Waals surface area (Å²) in [6.07, 6.45) is 0.682. The number of halogens is 1. The minimum absolute atomic E-state index is 0.0638. The Bertz CT molecular complexity index is 782. The van der Waals surface area contributed by atoms with E-state index < -0.39 is 11.8 Å². The van der Waals surface area contributed by atoms with Crippen molar-refractivity contribution in [1.29, 1.82) is 0 Å². The molecular formula is C14H14BrN3O3S2. The molecule has 9 heteroatoms. The number of thiocarbonyl (C=S) groups is 1. The zero-order valence-corrected chi connectivity index (χ0v) is 15.6. The van der Waals surface area contributed by atoms with Crippen LogP contribution in [0.4, 0.5) is 5.00 Å². The van der Waals surface area contributed by atoms with Crippen LogP contribution in [-0.2, 0) is 6.42 Å². The van der Waals surface area contributed by atoms with Crippen molar-refractivity contribution in [2.24, 2.45) is 5.73 Å². The topological polar surface area (TPSA) is 97.4 Å². The van der Waals surface area contributed by atoms with Crippen molar-refractivity contribution in [3.05, 3.63) is 38.6 Å². The molecule has 0 aliphatic carbocycles. The van der Waals surface area contributed by atoms with Gasteiger partial charge in [0.05, 0.1) is 5.56 Å². The van der Waals surface area contributed by atoms with Gasteiger partial charge in [0, 0.05) is 4.88 Å². The van der Waals surface area contributed by atoms with Crippen molar-refractivity contribution in [2.45, 2.75) is 20.3 Å². The van der Waals surface area contributed by atoms with E-state index in [2.05, 4.69) is 26.6 Å². The number of carbonyl (C=O) groups is 2. The van der Waals surface area contributed by atoms with Crippen LogP contribution in [0.5, 0.6) is 0 Å². The predicted octanol–water partition coefficient (Wildman–Crippen LogP) is 3.20. The van der Waals surface area contributed by atoms with Crippen molar-refractivity contribution in [3.8, 4) is 0 Å². The second-order valence-corrected chi connectivity index (χ2v) is 6.99. The molecule has 2 rings (SSSR count). The lowest BCUT2D eigenvalue weighted by molar-refractivity contribution is 0.0948. The highest BCUT2D eigenvalue weighted by atomic mass is 79.9. The maximum Gasteiger partial charge on any atom is 0.293 e. The van der Waals surface area contributed by atoms with E-state index in [1.807, 2.05) is 13.8 Å². The Morgan fingerprint density at radius 3 is 2.65 bits per heavy atom. The highest BCUT2D eigenvalue weighted by Crippen LogP contribution is 2.33. The summed E-state index contributed by atoms with van der Waals surface area (Å²) in [5.41, 5.74) is 6.74. The van der Waals surface area contributed by atoms with Crippen molar-refractivity contribution >= 4 is 61.4 Å². The molecule has 0 fully saturated rings. The van der Waals surface area contributed by atoms with Gasteiger partial charge in [-0.25, -0.2) is 0 Å². The van der Waals surface area contributed by atoms with Crippen LogP contribution in [0.15, 0.2) is 21.2 Å². The van der Waals surface area contributed by atoms with E-state index in [0.29, 0.717) is 21.7 Å². The number of primary amides is 1. The lowest BCUT2D eigenvalue weighted by atomic mass is 10.1. The third-order valence-electron chi connectivity index (χ3n) is 3.06. The summed E-state index contributed by atoms with van der Waals surface area (Å²) in [7, 11) is 0. The third kappa shape index (κ3) is 3.98. The fourth-order valence-corrected chi connectivity index (χ4v) is 3.81. The van der Waals surface area contributed by atoms with E-state index in [4.69, 9.17) is 22.4 Å². The number of aryl methyl sites for hydroxylation is 1. The number of hydrogen-bond donors (Lipinski definition) is 3. The molecule has 0 unspecified atom stereocenters. The second-order valence-electron chi connectivity index (χ2n) is 4.57. The molecule has 0 aliphatic rings. The highest BCUT2D eigenvalue weighted by Gasteiger charge is 2.20. The standard InChI is InChI=1S/C14H14BrN3O3S2/c1-3-7-6(2)23-13(10(7)11(16)19)18-14(22)17-12(20)8-4-5-9(15)21-8/h4-5H,3H2,1-2H3,(H2,16,19)(H2,17,18,20,22). The Kier molecular flexibility index (Phi) is 5.55. The smallest absolute Gasteiger partial charge is 0.293 e.